The maximum atomic E-state index is 13.6. The molecule has 0 saturated carbocycles. The molecule has 1 aromatic carbocycles. The topological polar surface area (TPSA) is 92.7 Å². The van der Waals surface area contributed by atoms with Crippen LogP contribution >= 0.6 is 0 Å². The third-order valence-corrected chi connectivity index (χ3v) is 2.83. The van der Waals surface area contributed by atoms with Crippen LogP contribution < -0.4 is 10.1 Å². The van der Waals surface area contributed by atoms with E-state index in [1.165, 1.54) is 12.1 Å². The highest BCUT2D eigenvalue weighted by atomic mass is 19.1. The van der Waals surface area contributed by atoms with Crippen molar-refractivity contribution in [1.29, 1.82) is 0 Å². The molecular weight excluding hydrogens is 269 g/mol. The van der Waals surface area contributed by atoms with E-state index in [4.69, 9.17) is 9.84 Å². The van der Waals surface area contributed by atoms with Crippen molar-refractivity contribution in [3.63, 3.8) is 0 Å². The number of imide groups is 1. The molecule has 1 aromatic rings. The van der Waals surface area contributed by atoms with Gasteiger partial charge in [-0.15, -0.1) is 0 Å². The highest BCUT2D eigenvalue weighted by Gasteiger charge is 2.28. The molecular formula is C13H12FNO5. The largest absolute Gasteiger partial charge is 0.481 e. The number of hydrogen-bond donors (Lipinski definition) is 2. The number of benzene rings is 1. The smallest absolute Gasteiger partial charge is 0.307 e. The Balaban J connectivity index is 2.07. The fraction of sp³-hybridized carbons (Fsp3) is 0.308. The maximum Gasteiger partial charge on any atom is 0.307 e. The lowest BCUT2D eigenvalue weighted by atomic mass is 10.1. The molecule has 106 valence electrons. The number of carbonyl (C=O) groups excluding carboxylic acids is 2. The fourth-order valence-corrected chi connectivity index (χ4v) is 1.86. The van der Waals surface area contributed by atoms with E-state index in [1.54, 1.807) is 0 Å². The molecule has 0 unspecified atom stereocenters. The van der Waals surface area contributed by atoms with Gasteiger partial charge in [-0.1, -0.05) is 6.07 Å². The van der Waals surface area contributed by atoms with Crippen LogP contribution in [0, 0.1) is 5.82 Å². The molecule has 2 amide bonds. The minimum Gasteiger partial charge on any atom is -0.481 e. The quantitative estimate of drug-likeness (QED) is 0.790. The van der Waals surface area contributed by atoms with E-state index in [0.29, 0.717) is 0 Å². The number of ether oxygens (including phenoxy) is 1. The van der Waals surface area contributed by atoms with E-state index in [2.05, 4.69) is 5.32 Å². The van der Waals surface area contributed by atoms with Crippen LogP contribution in [-0.2, 0) is 20.8 Å². The molecule has 1 aliphatic rings. The van der Waals surface area contributed by atoms with Gasteiger partial charge < -0.3 is 9.84 Å². The summed E-state index contributed by atoms with van der Waals surface area (Å²) in [5, 5.41) is 10.7. The van der Waals surface area contributed by atoms with Crippen molar-refractivity contribution < 1.29 is 28.6 Å². The summed E-state index contributed by atoms with van der Waals surface area (Å²) in [5.74, 6) is -2.65. The van der Waals surface area contributed by atoms with Crippen molar-refractivity contribution in [2.75, 3.05) is 0 Å². The summed E-state index contributed by atoms with van der Waals surface area (Å²) >= 11 is 0. The van der Waals surface area contributed by atoms with Crippen molar-refractivity contribution in [2.24, 2.45) is 0 Å². The van der Waals surface area contributed by atoms with Gasteiger partial charge in [-0.05, 0) is 11.6 Å². The van der Waals surface area contributed by atoms with Gasteiger partial charge >= 0.3 is 5.97 Å². The summed E-state index contributed by atoms with van der Waals surface area (Å²) < 4.78 is 18.9. The van der Waals surface area contributed by atoms with Gasteiger partial charge in [0.15, 0.2) is 6.10 Å². The second-order valence-electron chi connectivity index (χ2n) is 4.38. The van der Waals surface area contributed by atoms with Crippen LogP contribution in [0.1, 0.15) is 18.4 Å². The summed E-state index contributed by atoms with van der Waals surface area (Å²) in [6.07, 6.45) is -0.888. The molecule has 1 atom stereocenters. The van der Waals surface area contributed by atoms with Crippen molar-refractivity contribution in [3.05, 3.63) is 29.6 Å². The molecule has 20 heavy (non-hydrogen) atoms. The van der Waals surface area contributed by atoms with Gasteiger partial charge in [0.25, 0.3) is 5.91 Å². The molecule has 1 aliphatic heterocycles. The van der Waals surface area contributed by atoms with Gasteiger partial charge in [0.05, 0.1) is 6.42 Å². The highest BCUT2D eigenvalue weighted by Crippen LogP contribution is 2.20. The zero-order valence-electron chi connectivity index (χ0n) is 10.4. The Labute approximate surface area is 113 Å². The summed E-state index contributed by atoms with van der Waals surface area (Å²) in [7, 11) is 0. The van der Waals surface area contributed by atoms with Crippen LogP contribution in [0.5, 0.6) is 5.75 Å². The number of piperidine rings is 1. The molecule has 0 aromatic heterocycles. The van der Waals surface area contributed by atoms with E-state index in [1.807, 2.05) is 0 Å². The predicted octanol–water partition coefficient (Wildman–Crippen LogP) is 0.637. The Morgan fingerprint density at radius 2 is 2.20 bits per heavy atom. The van der Waals surface area contributed by atoms with Crippen molar-refractivity contribution in [2.45, 2.75) is 25.4 Å². The Morgan fingerprint density at radius 1 is 1.45 bits per heavy atom. The van der Waals surface area contributed by atoms with Gasteiger partial charge in [0.1, 0.15) is 11.6 Å². The standard InChI is InChI=1S/C13H12FNO5/c14-9-6-8(2-1-7(9)5-12(17)18)20-10-3-4-11(16)15-13(10)19/h1-2,6,10H,3-5H2,(H,17,18)(H,15,16,19)/t10-/m0/s1. The predicted molar refractivity (Wildman–Crippen MR) is 64.5 cm³/mol. The minimum absolute atomic E-state index is 0.0353. The Morgan fingerprint density at radius 3 is 2.80 bits per heavy atom. The van der Waals surface area contributed by atoms with Crippen molar-refractivity contribution in [1.82, 2.24) is 5.32 Å². The monoisotopic (exact) mass is 281 g/mol. The molecule has 1 fully saturated rings. The number of carboxylic acids is 1. The number of rotatable bonds is 4. The first-order valence-corrected chi connectivity index (χ1v) is 5.96. The lowest BCUT2D eigenvalue weighted by Gasteiger charge is -2.22. The van der Waals surface area contributed by atoms with Crippen LogP contribution in [0.3, 0.4) is 0 Å². The average Bonchev–Trinajstić information content (AvgIpc) is 2.36. The molecule has 1 heterocycles. The lowest BCUT2D eigenvalue weighted by Crippen LogP contribution is -2.46. The third-order valence-electron chi connectivity index (χ3n) is 2.83. The van der Waals surface area contributed by atoms with E-state index in [-0.39, 0.29) is 30.1 Å². The third kappa shape index (κ3) is 3.31. The maximum absolute atomic E-state index is 13.6. The zero-order chi connectivity index (χ0) is 14.7. The number of carboxylic acid groups (broad SMARTS) is 1. The molecule has 0 bridgehead atoms. The second-order valence-corrected chi connectivity index (χ2v) is 4.38. The zero-order valence-corrected chi connectivity index (χ0v) is 10.4. The number of nitrogens with one attached hydrogen (secondary N) is 1. The first-order chi connectivity index (χ1) is 9.45. The van der Waals surface area contributed by atoms with E-state index >= 15 is 0 Å². The van der Waals surface area contributed by atoms with Crippen LogP contribution in [-0.4, -0.2) is 29.0 Å². The van der Waals surface area contributed by atoms with E-state index in [9.17, 15) is 18.8 Å². The van der Waals surface area contributed by atoms with Crippen LogP contribution in [0.4, 0.5) is 4.39 Å². The van der Waals surface area contributed by atoms with Gasteiger partial charge in [0.2, 0.25) is 5.91 Å². The second kappa shape index (κ2) is 5.68. The van der Waals surface area contributed by atoms with Crippen molar-refractivity contribution >= 4 is 17.8 Å². The van der Waals surface area contributed by atoms with Crippen molar-refractivity contribution in [3.8, 4) is 5.75 Å². The number of halogens is 1. The van der Waals surface area contributed by atoms with Gasteiger partial charge in [0, 0.05) is 18.9 Å². The Bertz CT molecular complexity index is 572. The Kier molecular flexibility index (Phi) is 3.97. The van der Waals surface area contributed by atoms with Crippen LogP contribution in [0.2, 0.25) is 0 Å². The summed E-state index contributed by atoms with van der Waals surface area (Å²) in [5.41, 5.74) is 0.0353. The number of hydrogen-bond acceptors (Lipinski definition) is 4. The van der Waals surface area contributed by atoms with E-state index < -0.39 is 30.2 Å². The minimum atomic E-state index is -1.14. The molecule has 2 N–H and O–H groups in total. The number of amides is 2. The normalized spacial score (nSPS) is 18.6. The lowest BCUT2D eigenvalue weighted by molar-refractivity contribution is -0.139. The molecule has 0 aliphatic carbocycles. The molecule has 6 nitrogen and oxygen atoms in total. The Hall–Kier alpha value is -2.44. The van der Waals surface area contributed by atoms with Crippen LogP contribution in [0.15, 0.2) is 18.2 Å². The molecule has 2 rings (SSSR count). The summed E-state index contributed by atoms with van der Waals surface area (Å²) in [6.45, 7) is 0. The molecule has 0 radical (unpaired) electrons. The first-order valence-electron chi connectivity index (χ1n) is 5.96. The summed E-state index contributed by atoms with van der Waals surface area (Å²) in [4.78, 5) is 33.0. The van der Waals surface area contributed by atoms with Gasteiger partial charge in [-0.3, -0.25) is 19.7 Å². The van der Waals surface area contributed by atoms with Gasteiger partial charge in [-0.2, -0.15) is 0 Å². The number of aliphatic carboxylic acids is 1. The highest BCUT2D eigenvalue weighted by molar-refractivity contribution is 5.99. The average molecular weight is 281 g/mol. The van der Waals surface area contributed by atoms with E-state index in [0.717, 1.165) is 6.07 Å². The summed E-state index contributed by atoms with van der Waals surface area (Å²) in [6, 6.07) is 3.72. The van der Waals surface area contributed by atoms with Gasteiger partial charge in [-0.25, -0.2) is 4.39 Å². The van der Waals surface area contributed by atoms with Crippen LogP contribution in [0.25, 0.3) is 0 Å². The molecule has 1 saturated heterocycles. The molecule has 7 heteroatoms. The number of carbonyl (C=O) groups is 3. The fourth-order valence-electron chi connectivity index (χ4n) is 1.86. The first kappa shape index (κ1) is 14.0. The SMILES string of the molecule is O=C(O)Cc1ccc(O[C@H]2CCC(=O)NC2=O)cc1F. The molecule has 0 spiro atoms.